The number of carboxylic acids is 1. The van der Waals surface area contributed by atoms with Crippen molar-refractivity contribution in [1.82, 2.24) is 4.90 Å². The first-order valence-electron chi connectivity index (χ1n) is 4.81. The standard InChI is InChI=1S/C9H16N2O4.ClH/c1-15-5-6-2-7(9(13)14)11(4-6)8(12)3-10;/h6-7H,2-5,10H2,1H3,(H,13,14);1H/t6-,7+;/m1./s1. The molecule has 1 amide bonds. The minimum Gasteiger partial charge on any atom is -0.480 e. The van der Waals surface area contributed by atoms with Gasteiger partial charge in [-0.3, -0.25) is 4.79 Å². The number of carboxylic acid groups (broad SMARTS) is 1. The number of rotatable bonds is 4. The topological polar surface area (TPSA) is 92.9 Å². The van der Waals surface area contributed by atoms with Gasteiger partial charge in [-0.25, -0.2) is 4.79 Å². The Morgan fingerprint density at radius 3 is 2.62 bits per heavy atom. The van der Waals surface area contributed by atoms with E-state index in [1.165, 1.54) is 4.90 Å². The maximum absolute atomic E-state index is 11.4. The van der Waals surface area contributed by atoms with Gasteiger partial charge in [0.2, 0.25) is 5.91 Å². The number of nitrogens with zero attached hydrogens (tertiary/aromatic N) is 1. The molecule has 1 heterocycles. The van der Waals surface area contributed by atoms with Crippen LogP contribution in [-0.4, -0.2) is 54.7 Å². The Morgan fingerprint density at radius 2 is 2.19 bits per heavy atom. The molecular weight excluding hydrogens is 236 g/mol. The van der Waals surface area contributed by atoms with Crippen LogP contribution in [0.3, 0.4) is 0 Å². The lowest BCUT2D eigenvalue weighted by Gasteiger charge is -2.20. The molecule has 0 aromatic carbocycles. The molecule has 7 heteroatoms. The highest BCUT2D eigenvalue weighted by molar-refractivity contribution is 5.85. The molecule has 0 saturated carbocycles. The van der Waals surface area contributed by atoms with Gasteiger partial charge in [0.15, 0.2) is 0 Å². The number of halogens is 1. The normalized spacial score (nSPS) is 24.0. The lowest BCUT2D eigenvalue weighted by atomic mass is 10.1. The molecule has 1 fully saturated rings. The molecule has 16 heavy (non-hydrogen) atoms. The number of hydrogen-bond acceptors (Lipinski definition) is 4. The maximum atomic E-state index is 11.4. The van der Waals surface area contributed by atoms with Crippen molar-refractivity contribution >= 4 is 24.3 Å². The zero-order chi connectivity index (χ0) is 11.4. The Labute approximate surface area is 100 Å². The van der Waals surface area contributed by atoms with E-state index in [1.807, 2.05) is 0 Å². The van der Waals surface area contributed by atoms with Crippen molar-refractivity contribution < 1.29 is 19.4 Å². The van der Waals surface area contributed by atoms with Gasteiger partial charge in [-0.05, 0) is 6.42 Å². The van der Waals surface area contributed by atoms with Gasteiger partial charge in [-0.2, -0.15) is 0 Å². The van der Waals surface area contributed by atoms with Gasteiger partial charge in [0.1, 0.15) is 6.04 Å². The van der Waals surface area contributed by atoms with Crippen molar-refractivity contribution in [3.05, 3.63) is 0 Å². The van der Waals surface area contributed by atoms with Crippen molar-refractivity contribution in [3.63, 3.8) is 0 Å². The monoisotopic (exact) mass is 252 g/mol. The Morgan fingerprint density at radius 1 is 1.56 bits per heavy atom. The first-order chi connectivity index (χ1) is 7.10. The summed E-state index contributed by atoms with van der Waals surface area (Å²) in [5.74, 6) is -1.21. The summed E-state index contributed by atoms with van der Waals surface area (Å²) in [5.41, 5.74) is 5.22. The van der Waals surface area contributed by atoms with E-state index >= 15 is 0 Å². The smallest absolute Gasteiger partial charge is 0.326 e. The van der Waals surface area contributed by atoms with Crippen molar-refractivity contribution in [3.8, 4) is 0 Å². The fourth-order valence-electron chi connectivity index (χ4n) is 1.91. The summed E-state index contributed by atoms with van der Waals surface area (Å²) in [6.45, 7) is 0.739. The third-order valence-electron chi connectivity index (χ3n) is 2.57. The fourth-order valence-corrected chi connectivity index (χ4v) is 1.91. The number of ether oxygens (including phenoxy) is 1. The Kier molecular flexibility index (Phi) is 6.32. The zero-order valence-corrected chi connectivity index (χ0v) is 9.90. The number of aliphatic carboxylic acids is 1. The molecule has 1 aliphatic rings. The molecule has 0 bridgehead atoms. The second-order valence-corrected chi connectivity index (χ2v) is 3.66. The van der Waals surface area contributed by atoms with E-state index in [0.29, 0.717) is 19.6 Å². The van der Waals surface area contributed by atoms with Crippen LogP contribution < -0.4 is 5.73 Å². The number of amides is 1. The highest BCUT2D eigenvalue weighted by Crippen LogP contribution is 2.23. The van der Waals surface area contributed by atoms with E-state index in [9.17, 15) is 9.59 Å². The van der Waals surface area contributed by atoms with Crippen LogP contribution in [0.1, 0.15) is 6.42 Å². The van der Waals surface area contributed by atoms with E-state index in [0.717, 1.165) is 0 Å². The number of carbonyl (C=O) groups is 2. The van der Waals surface area contributed by atoms with E-state index < -0.39 is 12.0 Å². The SMILES string of the molecule is COC[C@@H]1C[C@@H](C(=O)O)N(C(=O)CN)C1.Cl. The maximum Gasteiger partial charge on any atom is 0.326 e. The summed E-state index contributed by atoms with van der Waals surface area (Å²) >= 11 is 0. The third-order valence-corrected chi connectivity index (χ3v) is 2.57. The predicted molar refractivity (Wildman–Crippen MR) is 59.4 cm³/mol. The van der Waals surface area contributed by atoms with Crippen LogP contribution in [-0.2, 0) is 14.3 Å². The molecule has 0 aliphatic carbocycles. The van der Waals surface area contributed by atoms with Crippen LogP contribution in [0, 0.1) is 5.92 Å². The summed E-state index contributed by atoms with van der Waals surface area (Å²) in [4.78, 5) is 23.6. The Balaban J connectivity index is 0.00000225. The quantitative estimate of drug-likeness (QED) is 0.691. The largest absolute Gasteiger partial charge is 0.480 e. The van der Waals surface area contributed by atoms with Crippen LogP contribution in [0.25, 0.3) is 0 Å². The summed E-state index contributed by atoms with van der Waals surface area (Å²) < 4.78 is 4.95. The van der Waals surface area contributed by atoms with Crippen LogP contribution in [0.4, 0.5) is 0 Å². The van der Waals surface area contributed by atoms with Crippen molar-refractivity contribution in [2.45, 2.75) is 12.5 Å². The van der Waals surface area contributed by atoms with Gasteiger partial charge in [0, 0.05) is 19.6 Å². The minimum atomic E-state index is -0.976. The van der Waals surface area contributed by atoms with Crippen LogP contribution in [0.5, 0.6) is 0 Å². The number of nitrogens with two attached hydrogens (primary N) is 1. The molecule has 3 N–H and O–H groups in total. The summed E-state index contributed by atoms with van der Waals surface area (Å²) in [5, 5.41) is 8.94. The van der Waals surface area contributed by atoms with Crippen molar-refractivity contribution in [2.24, 2.45) is 11.7 Å². The molecular formula is C9H17ClN2O4. The first-order valence-corrected chi connectivity index (χ1v) is 4.81. The average Bonchev–Trinajstić information content (AvgIpc) is 2.61. The second-order valence-electron chi connectivity index (χ2n) is 3.66. The molecule has 94 valence electrons. The number of methoxy groups -OCH3 is 1. The van der Waals surface area contributed by atoms with Gasteiger partial charge in [-0.15, -0.1) is 12.4 Å². The van der Waals surface area contributed by atoms with Crippen molar-refractivity contribution in [2.75, 3.05) is 26.8 Å². The van der Waals surface area contributed by atoms with Gasteiger partial charge in [0.05, 0.1) is 13.2 Å². The van der Waals surface area contributed by atoms with Gasteiger partial charge < -0.3 is 20.5 Å². The van der Waals surface area contributed by atoms with Crippen LogP contribution >= 0.6 is 12.4 Å². The molecule has 1 rings (SSSR count). The highest BCUT2D eigenvalue weighted by Gasteiger charge is 2.38. The zero-order valence-electron chi connectivity index (χ0n) is 9.09. The number of hydrogen-bond donors (Lipinski definition) is 2. The molecule has 6 nitrogen and oxygen atoms in total. The molecule has 0 spiro atoms. The molecule has 0 radical (unpaired) electrons. The van der Waals surface area contributed by atoms with Crippen LogP contribution in [0.2, 0.25) is 0 Å². The summed E-state index contributed by atoms with van der Waals surface area (Å²) in [6, 6.07) is -0.749. The van der Waals surface area contributed by atoms with Gasteiger partial charge >= 0.3 is 5.97 Å². The number of likely N-dealkylation sites (tertiary alicyclic amines) is 1. The molecule has 1 saturated heterocycles. The lowest BCUT2D eigenvalue weighted by Crippen LogP contribution is -2.43. The van der Waals surface area contributed by atoms with Crippen LogP contribution in [0.15, 0.2) is 0 Å². The first kappa shape index (κ1) is 15.2. The van der Waals surface area contributed by atoms with Crippen molar-refractivity contribution in [1.29, 1.82) is 0 Å². The summed E-state index contributed by atoms with van der Waals surface area (Å²) in [7, 11) is 1.56. The number of carbonyl (C=O) groups excluding carboxylic acids is 1. The molecule has 0 unspecified atom stereocenters. The summed E-state index contributed by atoms with van der Waals surface area (Å²) in [6.07, 6.45) is 0.439. The second kappa shape index (κ2) is 6.67. The van der Waals surface area contributed by atoms with E-state index in [4.69, 9.17) is 15.6 Å². The Bertz CT molecular complexity index is 262. The molecule has 0 aromatic heterocycles. The Hall–Kier alpha value is -0.850. The minimum absolute atomic E-state index is 0. The average molecular weight is 253 g/mol. The van der Waals surface area contributed by atoms with Gasteiger partial charge in [0.25, 0.3) is 0 Å². The van der Waals surface area contributed by atoms with E-state index in [2.05, 4.69) is 0 Å². The third kappa shape index (κ3) is 3.33. The van der Waals surface area contributed by atoms with E-state index in [1.54, 1.807) is 7.11 Å². The molecule has 1 aliphatic heterocycles. The lowest BCUT2D eigenvalue weighted by molar-refractivity contribution is -0.147. The molecule has 0 aromatic rings. The molecule has 2 atom stereocenters. The van der Waals surface area contributed by atoms with E-state index in [-0.39, 0.29) is 30.8 Å². The predicted octanol–water partition coefficient (Wildman–Crippen LogP) is -0.685. The van der Waals surface area contributed by atoms with Gasteiger partial charge in [-0.1, -0.05) is 0 Å². The fraction of sp³-hybridized carbons (Fsp3) is 0.778. The highest BCUT2D eigenvalue weighted by atomic mass is 35.5.